The number of hydrogen-bond donors (Lipinski definition) is 1. The highest BCUT2D eigenvalue weighted by atomic mass is 16.5. The fourth-order valence-corrected chi connectivity index (χ4v) is 3.65. The highest BCUT2D eigenvalue weighted by Gasteiger charge is 2.39. The van der Waals surface area contributed by atoms with E-state index in [4.69, 9.17) is 9.15 Å². The van der Waals surface area contributed by atoms with Crippen molar-refractivity contribution in [2.24, 2.45) is 5.41 Å². The van der Waals surface area contributed by atoms with Crippen molar-refractivity contribution >= 4 is 0 Å². The number of hydrogen-bond acceptors (Lipinski definition) is 3. The second kappa shape index (κ2) is 6.77. The van der Waals surface area contributed by atoms with Crippen molar-refractivity contribution in [3.05, 3.63) is 24.2 Å². The molecule has 1 atom stereocenters. The molecule has 0 aromatic carbocycles. The third kappa shape index (κ3) is 4.35. The molecule has 0 aliphatic carbocycles. The van der Waals surface area contributed by atoms with Crippen molar-refractivity contribution < 1.29 is 9.15 Å². The van der Waals surface area contributed by atoms with Gasteiger partial charge in [0.2, 0.25) is 0 Å². The molecule has 2 rings (SSSR count). The lowest BCUT2D eigenvalue weighted by molar-refractivity contribution is -0.109. The van der Waals surface area contributed by atoms with Crippen LogP contribution in [0.1, 0.15) is 58.6 Å². The van der Waals surface area contributed by atoms with Crippen molar-refractivity contribution in [3.63, 3.8) is 0 Å². The minimum atomic E-state index is 0.0361. The average Bonchev–Trinajstić information content (AvgIpc) is 2.87. The van der Waals surface area contributed by atoms with Gasteiger partial charge in [0.15, 0.2) is 0 Å². The Balaban J connectivity index is 1.82. The molecule has 0 radical (unpaired) electrons. The Morgan fingerprint density at radius 3 is 2.80 bits per heavy atom. The summed E-state index contributed by atoms with van der Waals surface area (Å²) in [6.45, 7) is 9.54. The van der Waals surface area contributed by atoms with E-state index < -0.39 is 0 Å². The fourth-order valence-electron chi connectivity index (χ4n) is 3.65. The van der Waals surface area contributed by atoms with Crippen LogP contribution in [0.25, 0.3) is 0 Å². The molecule has 20 heavy (non-hydrogen) atoms. The van der Waals surface area contributed by atoms with E-state index in [2.05, 4.69) is 26.1 Å². The Morgan fingerprint density at radius 2 is 2.15 bits per heavy atom. The van der Waals surface area contributed by atoms with Gasteiger partial charge in [-0.25, -0.2) is 0 Å². The Morgan fingerprint density at radius 1 is 1.30 bits per heavy atom. The SMILES string of the molecule is CCC[C@]1(CCNCc2ccco2)CCOC(C)(C)C1. The summed E-state index contributed by atoms with van der Waals surface area (Å²) in [6.07, 6.45) is 7.91. The summed E-state index contributed by atoms with van der Waals surface area (Å²) in [7, 11) is 0. The van der Waals surface area contributed by atoms with Crippen LogP contribution in [0, 0.1) is 5.41 Å². The minimum absolute atomic E-state index is 0.0361. The Kier molecular flexibility index (Phi) is 5.28. The lowest BCUT2D eigenvalue weighted by Crippen LogP contribution is -2.42. The maximum atomic E-state index is 5.90. The summed E-state index contributed by atoms with van der Waals surface area (Å²) < 4.78 is 11.2. The predicted molar refractivity (Wildman–Crippen MR) is 81.6 cm³/mol. The summed E-state index contributed by atoms with van der Waals surface area (Å²) in [5.41, 5.74) is 0.487. The summed E-state index contributed by atoms with van der Waals surface area (Å²) in [4.78, 5) is 0. The van der Waals surface area contributed by atoms with Gasteiger partial charge < -0.3 is 14.5 Å². The van der Waals surface area contributed by atoms with Crippen LogP contribution in [0.3, 0.4) is 0 Å². The zero-order valence-corrected chi connectivity index (χ0v) is 13.2. The molecule has 1 aliphatic heterocycles. The molecule has 2 heterocycles. The number of furan rings is 1. The zero-order chi connectivity index (χ0) is 14.5. The zero-order valence-electron chi connectivity index (χ0n) is 13.2. The van der Waals surface area contributed by atoms with Gasteiger partial charge in [0.05, 0.1) is 18.4 Å². The molecule has 1 N–H and O–H groups in total. The second-order valence-corrected chi connectivity index (χ2v) is 6.79. The van der Waals surface area contributed by atoms with Gasteiger partial charge in [0, 0.05) is 6.61 Å². The predicted octanol–water partition coefficient (Wildman–Crippen LogP) is 4.13. The highest BCUT2D eigenvalue weighted by molar-refractivity contribution is 4.97. The largest absolute Gasteiger partial charge is 0.468 e. The molecule has 0 bridgehead atoms. The van der Waals surface area contributed by atoms with Gasteiger partial charge in [0.25, 0.3) is 0 Å². The van der Waals surface area contributed by atoms with Crippen molar-refractivity contribution in [2.45, 2.75) is 65.0 Å². The minimum Gasteiger partial charge on any atom is -0.468 e. The van der Waals surface area contributed by atoms with Gasteiger partial charge in [0.1, 0.15) is 5.76 Å². The maximum Gasteiger partial charge on any atom is 0.117 e. The highest BCUT2D eigenvalue weighted by Crippen LogP contribution is 2.44. The first-order valence-corrected chi connectivity index (χ1v) is 7.92. The molecule has 0 spiro atoms. The van der Waals surface area contributed by atoms with Crippen LogP contribution in [0.4, 0.5) is 0 Å². The topological polar surface area (TPSA) is 34.4 Å². The number of rotatable bonds is 7. The van der Waals surface area contributed by atoms with Crippen LogP contribution >= 0.6 is 0 Å². The van der Waals surface area contributed by atoms with Gasteiger partial charge in [-0.1, -0.05) is 13.3 Å². The van der Waals surface area contributed by atoms with Crippen LogP contribution < -0.4 is 5.32 Å². The molecular weight excluding hydrogens is 250 g/mol. The third-order valence-electron chi connectivity index (χ3n) is 4.42. The van der Waals surface area contributed by atoms with Gasteiger partial charge >= 0.3 is 0 Å². The van der Waals surface area contributed by atoms with Gasteiger partial charge in [-0.3, -0.25) is 0 Å². The van der Waals surface area contributed by atoms with E-state index >= 15 is 0 Å². The Bertz CT molecular complexity index is 382. The molecule has 0 unspecified atom stereocenters. The van der Waals surface area contributed by atoms with Crippen LogP contribution in [0.5, 0.6) is 0 Å². The van der Waals surface area contributed by atoms with E-state index in [9.17, 15) is 0 Å². The Hall–Kier alpha value is -0.800. The molecule has 1 fully saturated rings. The van der Waals surface area contributed by atoms with E-state index in [1.165, 1.54) is 32.1 Å². The van der Waals surface area contributed by atoms with Crippen molar-refractivity contribution in [1.29, 1.82) is 0 Å². The summed E-state index contributed by atoms with van der Waals surface area (Å²) in [5.74, 6) is 1.02. The van der Waals surface area contributed by atoms with E-state index in [0.29, 0.717) is 5.41 Å². The van der Waals surface area contributed by atoms with E-state index in [-0.39, 0.29) is 5.60 Å². The first-order chi connectivity index (χ1) is 9.55. The third-order valence-corrected chi connectivity index (χ3v) is 4.42. The van der Waals surface area contributed by atoms with Gasteiger partial charge in [-0.2, -0.15) is 0 Å². The normalized spacial score (nSPS) is 25.8. The Labute approximate surface area is 123 Å². The van der Waals surface area contributed by atoms with Crippen LogP contribution in [0.2, 0.25) is 0 Å². The molecular formula is C17H29NO2. The second-order valence-electron chi connectivity index (χ2n) is 6.79. The molecule has 3 heteroatoms. The monoisotopic (exact) mass is 279 g/mol. The molecule has 1 aromatic rings. The van der Waals surface area contributed by atoms with Crippen LogP contribution in [-0.4, -0.2) is 18.8 Å². The lowest BCUT2D eigenvalue weighted by Gasteiger charge is -2.45. The van der Waals surface area contributed by atoms with E-state index in [0.717, 1.165) is 25.5 Å². The van der Waals surface area contributed by atoms with Crippen molar-refractivity contribution in [1.82, 2.24) is 5.32 Å². The standard InChI is InChI=1S/C17H29NO2/c1-4-7-17(9-12-20-16(2,3)14-17)8-10-18-13-15-6-5-11-19-15/h5-6,11,18H,4,7-10,12-14H2,1-3H3/t17-/m0/s1. The summed E-state index contributed by atoms with van der Waals surface area (Å²) >= 11 is 0. The molecule has 0 saturated carbocycles. The smallest absolute Gasteiger partial charge is 0.117 e. The van der Waals surface area contributed by atoms with E-state index in [1.54, 1.807) is 6.26 Å². The first-order valence-electron chi connectivity index (χ1n) is 7.92. The number of nitrogens with one attached hydrogen (secondary N) is 1. The maximum absolute atomic E-state index is 5.90. The molecule has 1 aromatic heterocycles. The number of ether oxygens (including phenoxy) is 1. The molecule has 1 aliphatic rings. The molecule has 114 valence electrons. The van der Waals surface area contributed by atoms with Crippen LogP contribution in [0.15, 0.2) is 22.8 Å². The van der Waals surface area contributed by atoms with Crippen LogP contribution in [-0.2, 0) is 11.3 Å². The van der Waals surface area contributed by atoms with E-state index in [1.807, 2.05) is 12.1 Å². The quantitative estimate of drug-likeness (QED) is 0.762. The lowest BCUT2D eigenvalue weighted by atomic mass is 9.69. The summed E-state index contributed by atoms with van der Waals surface area (Å²) in [6, 6.07) is 3.96. The summed E-state index contributed by atoms with van der Waals surface area (Å²) in [5, 5.41) is 3.51. The molecule has 0 amide bonds. The fraction of sp³-hybridized carbons (Fsp3) is 0.765. The van der Waals surface area contributed by atoms with Crippen molar-refractivity contribution in [3.8, 4) is 0 Å². The van der Waals surface area contributed by atoms with Gasteiger partial charge in [-0.05, 0) is 63.6 Å². The molecule has 3 nitrogen and oxygen atoms in total. The average molecular weight is 279 g/mol. The van der Waals surface area contributed by atoms with Crippen molar-refractivity contribution in [2.75, 3.05) is 13.2 Å². The van der Waals surface area contributed by atoms with Gasteiger partial charge in [-0.15, -0.1) is 0 Å². The first kappa shape index (κ1) is 15.6. The molecule has 1 saturated heterocycles.